The van der Waals surface area contributed by atoms with Gasteiger partial charge in [0.15, 0.2) is 11.6 Å². The van der Waals surface area contributed by atoms with Crippen LogP contribution in [0, 0.1) is 0 Å². The van der Waals surface area contributed by atoms with Crippen molar-refractivity contribution in [2.24, 2.45) is 0 Å². The predicted molar refractivity (Wildman–Crippen MR) is 119 cm³/mol. The summed E-state index contributed by atoms with van der Waals surface area (Å²) < 4.78 is 43.1. The molecule has 186 valence electrons. The highest BCUT2D eigenvalue weighted by atomic mass is 16.8. The molecule has 0 bridgehead atoms. The van der Waals surface area contributed by atoms with E-state index in [-0.39, 0.29) is 30.4 Å². The van der Waals surface area contributed by atoms with E-state index in [9.17, 15) is 0 Å². The second-order valence-electron chi connectivity index (χ2n) is 11.8. The molecule has 0 aliphatic carbocycles. The van der Waals surface area contributed by atoms with Crippen LogP contribution in [0.3, 0.4) is 0 Å². The molecule has 1 aromatic rings. The molecule has 4 heterocycles. The van der Waals surface area contributed by atoms with Crippen LogP contribution in [0.5, 0.6) is 11.9 Å². The van der Waals surface area contributed by atoms with Crippen LogP contribution in [0.1, 0.15) is 80.9 Å². The van der Waals surface area contributed by atoms with E-state index in [1.807, 2.05) is 69.2 Å². The van der Waals surface area contributed by atoms with Crippen LogP contribution in [-0.2, 0) is 23.7 Å². The van der Waals surface area contributed by atoms with E-state index in [1.165, 1.54) is 0 Å². The second-order valence-corrected chi connectivity index (χ2v) is 11.8. The van der Waals surface area contributed by atoms with Crippen molar-refractivity contribution in [1.82, 2.24) is 9.97 Å². The highest BCUT2D eigenvalue weighted by Gasteiger charge is 2.60. The van der Waals surface area contributed by atoms with Gasteiger partial charge in [0.2, 0.25) is 5.88 Å². The second kappa shape index (κ2) is 8.02. The Morgan fingerprint density at radius 1 is 0.848 bits per heavy atom. The van der Waals surface area contributed by atoms with Crippen molar-refractivity contribution in [3.8, 4) is 11.9 Å². The first kappa shape index (κ1) is 24.6. The number of ether oxygens (including phenoxy) is 7. The molecule has 3 fully saturated rings. The fourth-order valence-corrected chi connectivity index (χ4v) is 4.31. The lowest BCUT2D eigenvalue weighted by molar-refractivity contribution is -0.207. The average Bonchev–Trinajstić information content (AvgIpc) is 3.22. The molecule has 5 atom stereocenters. The van der Waals surface area contributed by atoms with Crippen molar-refractivity contribution in [2.45, 2.75) is 123 Å². The van der Waals surface area contributed by atoms with Crippen LogP contribution in [-0.4, -0.2) is 63.8 Å². The molecule has 0 radical (unpaired) electrons. The third-order valence-electron chi connectivity index (χ3n) is 5.35. The molecule has 9 heteroatoms. The van der Waals surface area contributed by atoms with E-state index >= 15 is 0 Å². The Hall–Kier alpha value is -1.52. The van der Waals surface area contributed by atoms with Crippen LogP contribution in [0.25, 0.3) is 0 Å². The fraction of sp³-hybridized carbons (Fsp3) is 0.833. The fourth-order valence-electron chi connectivity index (χ4n) is 4.31. The molecule has 1 unspecified atom stereocenters. The first-order valence-electron chi connectivity index (χ1n) is 11.6. The summed E-state index contributed by atoms with van der Waals surface area (Å²) in [7, 11) is 0. The van der Waals surface area contributed by atoms with Gasteiger partial charge in [0.25, 0.3) is 0 Å². The lowest BCUT2D eigenvalue weighted by Crippen LogP contribution is -2.40. The van der Waals surface area contributed by atoms with Crippen LogP contribution in [0.15, 0.2) is 6.20 Å². The predicted octanol–water partition coefficient (Wildman–Crippen LogP) is 3.94. The Labute approximate surface area is 196 Å². The minimum atomic E-state index is -0.758. The number of aromatic nitrogens is 2. The first-order chi connectivity index (χ1) is 15.0. The highest BCUT2D eigenvalue weighted by molar-refractivity contribution is 5.31. The SMILES string of the molecule is CC(C)(C)Oc1ncc([C@H]2O[C@H](C3COC(C)(C)O3)[C@@H]3OC(C)(C)O[C@@H]32)c(OC(C)(C)C)n1. The molecule has 3 saturated heterocycles. The highest BCUT2D eigenvalue weighted by Crippen LogP contribution is 2.49. The Morgan fingerprint density at radius 3 is 2.06 bits per heavy atom. The molecule has 3 aliphatic heterocycles. The largest absolute Gasteiger partial charge is 0.472 e. The standard InChI is InChI=1S/C24H38N2O7/c1-21(2,3)32-19-13(11-25-20(26-19)33-22(4,5)6)15-17-18(31-24(9,10)30-17)16(28-15)14-12-27-23(7,8)29-14/h11,14-18H,12H2,1-10H3/t14?,15-,16-,17-,18+/m1/s1. The Morgan fingerprint density at radius 2 is 1.48 bits per heavy atom. The van der Waals surface area contributed by atoms with E-state index in [0.717, 1.165) is 0 Å². The number of hydrogen-bond acceptors (Lipinski definition) is 9. The van der Waals surface area contributed by atoms with E-state index in [1.54, 1.807) is 6.20 Å². The minimum Gasteiger partial charge on any atom is -0.472 e. The molecule has 0 N–H and O–H groups in total. The van der Waals surface area contributed by atoms with Crippen molar-refractivity contribution in [3.05, 3.63) is 11.8 Å². The van der Waals surface area contributed by atoms with E-state index in [2.05, 4.69) is 9.97 Å². The molecule has 0 spiro atoms. The van der Waals surface area contributed by atoms with Gasteiger partial charge in [0.1, 0.15) is 41.7 Å². The summed E-state index contributed by atoms with van der Waals surface area (Å²) in [5.41, 5.74) is -0.249. The van der Waals surface area contributed by atoms with Gasteiger partial charge in [-0.2, -0.15) is 4.98 Å². The number of rotatable bonds is 4. The Balaban J connectivity index is 1.69. The zero-order valence-corrected chi connectivity index (χ0v) is 21.4. The molecular formula is C24H38N2O7. The Kier molecular flexibility index (Phi) is 5.98. The summed E-state index contributed by atoms with van der Waals surface area (Å²) in [4.78, 5) is 9.05. The molecule has 33 heavy (non-hydrogen) atoms. The van der Waals surface area contributed by atoms with Crippen LogP contribution < -0.4 is 9.47 Å². The van der Waals surface area contributed by atoms with Gasteiger partial charge < -0.3 is 33.2 Å². The molecule has 0 aromatic carbocycles. The average molecular weight is 467 g/mol. The third kappa shape index (κ3) is 5.59. The molecule has 3 aliphatic rings. The van der Waals surface area contributed by atoms with E-state index < -0.39 is 28.9 Å². The van der Waals surface area contributed by atoms with Gasteiger partial charge in [0, 0.05) is 6.20 Å². The maximum absolute atomic E-state index is 6.53. The Bertz CT molecular complexity index is 875. The molecule has 9 nitrogen and oxygen atoms in total. The lowest BCUT2D eigenvalue weighted by Gasteiger charge is -2.28. The minimum absolute atomic E-state index is 0.245. The normalized spacial score (nSPS) is 33.2. The van der Waals surface area contributed by atoms with Gasteiger partial charge in [-0.25, -0.2) is 4.98 Å². The van der Waals surface area contributed by atoms with Gasteiger partial charge in [-0.15, -0.1) is 0 Å². The van der Waals surface area contributed by atoms with Gasteiger partial charge in [0.05, 0.1) is 12.2 Å². The molecule has 0 saturated carbocycles. The van der Waals surface area contributed by atoms with Gasteiger partial charge in [-0.05, 0) is 69.2 Å². The first-order valence-corrected chi connectivity index (χ1v) is 11.6. The molecule has 1 aromatic heterocycles. The molecular weight excluding hydrogens is 428 g/mol. The summed E-state index contributed by atoms with van der Waals surface area (Å²) in [6.07, 6.45) is -0.180. The van der Waals surface area contributed by atoms with Crippen LogP contribution in [0.4, 0.5) is 0 Å². The van der Waals surface area contributed by atoms with Gasteiger partial charge in [-0.1, -0.05) is 0 Å². The number of nitrogens with zero attached hydrogens (tertiary/aromatic N) is 2. The van der Waals surface area contributed by atoms with Crippen molar-refractivity contribution < 1.29 is 33.2 Å². The molecule has 0 amide bonds. The van der Waals surface area contributed by atoms with Crippen molar-refractivity contribution in [3.63, 3.8) is 0 Å². The van der Waals surface area contributed by atoms with Crippen molar-refractivity contribution in [2.75, 3.05) is 6.61 Å². The quantitative estimate of drug-likeness (QED) is 0.654. The lowest BCUT2D eigenvalue weighted by atomic mass is 10.0. The van der Waals surface area contributed by atoms with Gasteiger partial charge >= 0.3 is 6.01 Å². The smallest absolute Gasteiger partial charge is 0.320 e. The van der Waals surface area contributed by atoms with Crippen molar-refractivity contribution in [1.29, 1.82) is 0 Å². The van der Waals surface area contributed by atoms with Crippen LogP contribution >= 0.6 is 0 Å². The topological polar surface area (TPSA) is 90.4 Å². The summed E-state index contributed by atoms with van der Waals surface area (Å²) in [6, 6.07) is 0.245. The summed E-state index contributed by atoms with van der Waals surface area (Å²) >= 11 is 0. The summed E-state index contributed by atoms with van der Waals surface area (Å²) in [6.45, 7) is 19.7. The van der Waals surface area contributed by atoms with Crippen molar-refractivity contribution >= 4 is 0 Å². The van der Waals surface area contributed by atoms with Crippen LogP contribution in [0.2, 0.25) is 0 Å². The number of fused-ring (bicyclic) bond motifs is 1. The summed E-state index contributed by atoms with van der Waals surface area (Å²) in [5.74, 6) is -1.03. The summed E-state index contributed by atoms with van der Waals surface area (Å²) in [5, 5.41) is 0. The zero-order chi connectivity index (χ0) is 24.4. The maximum atomic E-state index is 6.53. The zero-order valence-electron chi connectivity index (χ0n) is 21.4. The monoisotopic (exact) mass is 466 g/mol. The van der Waals surface area contributed by atoms with E-state index in [4.69, 9.17) is 33.2 Å². The number of hydrogen-bond donors (Lipinski definition) is 0. The van der Waals surface area contributed by atoms with Gasteiger partial charge in [-0.3, -0.25) is 0 Å². The maximum Gasteiger partial charge on any atom is 0.320 e. The molecule has 4 rings (SSSR count). The third-order valence-corrected chi connectivity index (χ3v) is 5.35. The van der Waals surface area contributed by atoms with E-state index in [0.29, 0.717) is 18.1 Å².